The lowest BCUT2D eigenvalue weighted by molar-refractivity contribution is 0.602. The Morgan fingerprint density at radius 3 is 2.06 bits per heavy atom. The molecule has 6 aromatic carbocycles. The predicted molar refractivity (Wildman–Crippen MR) is 149 cm³/mol. The Morgan fingerprint density at radius 2 is 1.23 bits per heavy atom. The van der Waals surface area contributed by atoms with Crippen molar-refractivity contribution in [1.29, 1.82) is 0 Å². The quantitative estimate of drug-likeness (QED) is 0.271. The van der Waals surface area contributed by atoms with E-state index < -0.39 is 10.0 Å². The molecule has 0 saturated carbocycles. The van der Waals surface area contributed by atoms with Crippen molar-refractivity contribution in [2.24, 2.45) is 0 Å². The third kappa shape index (κ3) is 3.20. The molecule has 1 aromatic heterocycles. The third-order valence-electron chi connectivity index (χ3n) is 6.62. The average molecular weight is 490 g/mol. The molecule has 5 heteroatoms. The molecule has 0 radical (unpaired) electrons. The molecule has 3 nitrogen and oxygen atoms in total. The molecule has 35 heavy (non-hydrogen) atoms. The lowest BCUT2D eigenvalue weighted by Crippen LogP contribution is -2.13. The SMILES string of the molecule is O=S(=O)(Nc1ccc2ccccc2c1)c1cc2sc3c4ccccc4ccc3c2c2ccccc12. The molecule has 0 fully saturated rings. The van der Waals surface area contributed by atoms with E-state index in [1.54, 1.807) is 11.3 Å². The van der Waals surface area contributed by atoms with Gasteiger partial charge in [0.05, 0.1) is 4.90 Å². The molecule has 0 atom stereocenters. The monoisotopic (exact) mass is 489 g/mol. The number of anilines is 1. The molecule has 1 N–H and O–H groups in total. The first kappa shape index (κ1) is 20.4. The molecule has 7 rings (SSSR count). The number of nitrogens with one attached hydrogen (secondary N) is 1. The van der Waals surface area contributed by atoms with E-state index in [9.17, 15) is 8.42 Å². The van der Waals surface area contributed by atoms with Gasteiger partial charge in [-0.1, -0.05) is 91.0 Å². The number of hydrogen-bond acceptors (Lipinski definition) is 3. The van der Waals surface area contributed by atoms with Crippen LogP contribution < -0.4 is 4.72 Å². The van der Waals surface area contributed by atoms with Gasteiger partial charge in [-0.2, -0.15) is 0 Å². The van der Waals surface area contributed by atoms with Gasteiger partial charge in [-0.3, -0.25) is 4.72 Å². The maximum absolute atomic E-state index is 13.7. The Balaban J connectivity index is 1.47. The highest BCUT2D eigenvalue weighted by Crippen LogP contribution is 2.43. The summed E-state index contributed by atoms with van der Waals surface area (Å²) in [4.78, 5) is 0.296. The van der Waals surface area contributed by atoms with E-state index in [1.807, 2.05) is 84.9 Å². The zero-order chi connectivity index (χ0) is 23.6. The topological polar surface area (TPSA) is 46.2 Å². The van der Waals surface area contributed by atoms with Crippen LogP contribution in [-0.2, 0) is 10.0 Å². The first-order valence-corrected chi connectivity index (χ1v) is 13.7. The van der Waals surface area contributed by atoms with Crippen LogP contribution in [0.5, 0.6) is 0 Å². The summed E-state index contributed by atoms with van der Waals surface area (Å²) in [6.45, 7) is 0. The van der Waals surface area contributed by atoms with Gasteiger partial charge in [0.2, 0.25) is 0 Å². The van der Waals surface area contributed by atoms with Crippen molar-refractivity contribution >= 4 is 79.5 Å². The molecule has 0 saturated heterocycles. The maximum Gasteiger partial charge on any atom is 0.262 e. The van der Waals surface area contributed by atoms with Gasteiger partial charge in [-0.05, 0) is 45.1 Å². The summed E-state index contributed by atoms with van der Waals surface area (Å²) >= 11 is 1.65. The summed E-state index contributed by atoms with van der Waals surface area (Å²) in [5.41, 5.74) is 0.551. The summed E-state index contributed by atoms with van der Waals surface area (Å²) < 4.78 is 32.4. The molecule has 1 heterocycles. The van der Waals surface area contributed by atoms with Gasteiger partial charge in [0.15, 0.2) is 0 Å². The molecule has 0 bridgehead atoms. The number of sulfonamides is 1. The highest BCUT2D eigenvalue weighted by molar-refractivity contribution is 7.93. The van der Waals surface area contributed by atoms with Crippen LogP contribution in [0.2, 0.25) is 0 Å². The lowest BCUT2D eigenvalue weighted by Gasteiger charge is -2.12. The van der Waals surface area contributed by atoms with Gasteiger partial charge >= 0.3 is 0 Å². The summed E-state index contributed by atoms with van der Waals surface area (Å²) in [6, 6.07) is 35.8. The summed E-state index contributed by atoms with van der Waals surface area (Å²) in [6.07, 6.45) is 0. The second-order valence-electron chi connectivity index (χ2n) is 8.73. The number of hydrogen-bond donors (Lipinski definition) is 1. The fraction of sp³-hybridized carbons (Fsp3) is 0. The fourth-order valence-electron chi connectivity index (χ4n) is 5.02. The van der Waals surface area contributed by atoms with Crippen molar-refractivity contribution in [3.05, 3.63) is 109 Å². The van der Waals surface area contributed by atoms with Crippen molar-refractivity contribution in [2.45, 2.75) is 4.90 Å². The first-order chi connectivity index (χ1) is 17.1. The van der Waals surface area contributed by atoms with Crippen LogP contribution in [0.4, 0.5) is 5.69 Å². The maximum atomic E-state index is 13.7. The fourth-order valence-corrected chi connectivity index (χ4v) is 7.68. The van der Waals surface area contributed by atoms with E-state index in [4.69, 9.17) is 0 Å². The molecular weight excluding hydrogens is 470 g/mol. The molecular formula is C30H19NO2S2. The number of fused-ring (bicyclic) bond motifs is 8. The van der Waals surface area contributed by atoms with Crippen LogP contribution in [0.1, 0.15) is 0 Å². The van der Waals surface area contributed by atoms with Gasteiger partial charge < -0.3 is 0 Å². The zero-order valence-electron chi connectivity index (χ0n) is 18.5. The van der Waals surface area contributed by atoms with Crippen molar-refractivity contribution in [3.8, 4) is 0 Å². The second-order valence-corrected chi connectivity index (χ2v) is 11.4. The van der Waals surface area contributed by atoms with Crippen LogP contribution in [0, 0.1) is 0 Å². The largest absolute Gasteiger partial charge is 0.280 e. The standard InChI is InChI=1S/C30H19NO2S2/c32-35(33,31-22-15-13-19-7-1-2-9-21(19)17-22)28-18-27-29(25-12-6-5-11-24(25)28)26-16-14-20-8-3-4-10-23(20)30(26)34-27/h1-18,31H. The summed E-state index contributed by atoms with van der Waals surface area (Å²) in [5.74, 6) is 0. The zero-order valence-corrected chi connectivity index (χ0v) is 20.2. The third-order valence-corrected chi connectivity index (χ3v) is 9.23. The number of benzene rings is 6. The van der Waals surface area contributed by atoms with Gasteiger partial charge in [-0.15, -0.1) is 11.3 Å². The van der Waals surface area contributed by atoms with E-state index in [-0.39, 0.29) is 0 Å². The van der Waals surface area contributed by atoms with Gasteiger partial charge in [0, 0.05) is 31.2 Å². The lowest BCUT2D eigenvalue weighted by atomic mass is 10.0. The van der Waals surface area contributed by atoms with E-state index in [0.717, 1.165) is 37.0 Å². The summed E-state index contributed by atoms with van der Waals surface area (Å²) in [7, 11) is -3.82. The minimum absolute atomic E-state index is 0.296. The second kappa shape index (κ2) is 7.54. The van der Waals surface area contributed by atoms with Crippen molar-refractivity contribution in [3.63, 3.8) is 0 Å². The van der Waals surface area contributed by atoms with Gasteiger partial charge in [-0.25, -0.2) is 8.42 Å². The molecule has 7 aromatic rings. The van der Waals surface area contributed by atoms with Crippen LogP contribution in [0.3, 0.4) is 0 Å². The Morgan fingerprint density at radius 1 is 0.571 bits per heavy atom. The van der Waals surface area contributed by atoms with Gasteiger partial charge in [0.1, 0.15) is 0 Å². The van der Waals surface area contributed by atoms with Gasteiger partial charge in [0.25, 0.3) is 10.0 Å². The van der Waals surface area contributed by atoms with E-state index in [0.29, 0.717) is 10.6 Å². The van der Waals surface area contributed by atoms with Crippen LogP contribution in [0.15, 0.2) is 114 Å². The number of thiophene rings is 1. The van der Waals surface area contributed by atoms with E-state index in [2.05, 4.69) is 29.0 Å². The molecule has 168 valence electrons. The Kier molecular flexibility index (Phi) is 4.40. The Labute approximate surface area is 206 Å². The molecule has 0 unspecified atom stereocenters. The Bertz CT molecular complexity index is 2060. The van der Waals surface area contributed by atoms with Crippen LogP contribution in [-0.4, -0.2) is 8.42 Å². The average Bonchev–Trinajstić information content (AvgIpc) is 3.27. The van der Waals surface area contributed by atoms with Crippen LogP contribution in [0.25, 0.3) is 52.5 Å². The smallest absolute Gasteiger partial charge is 0.262 e. The molecule has 0 aliphatic rings. The summed E-state index contributed by atoms with van der Waals surface area (Å²) in [5, 5.41) is 8.37. The van der Waals surface area contributed by atoms with E-state index in [1.165, 1.54) is 15.5 Å². The van der Waals surface area contributed by atoms with Crippen LogP contribution >= 0.6 is 11.3 Å². The van der Waals surface area contributed by atoms with Crippen molar-refractivity contribution in [1.82, 2.24) is 0 Å². The Hall–Kier alpha value is -3.93. The molecule has 0 amide bonds. The normalized spacial score (nSPS) is 12.2. The molecule has 0 aliphatic carbocycles. The minimum atomic E-state index is -3.82. The predicted octanol–water partition coefficient (Wildman–Crippen LogP) is 8.31. The molecule has 0 aliphatic heterocycles. The highest BCUT2D eigenvalue weighted by Gasteiger charge is 2.22. The highest BCUT2D eigenvalue weighted by atomic mass is 32.2. The minimum Gasteiger partial charge on any atom is -0.280 e. The van der Waals surface area contributed by atoms with E-state index >= 15 is 0 Å². The number of rotatable bonds is 3. The van der Waals surface area contributed by atoms with Crippen molar-refractivity contribution < 1.29 is 8.42 Å². The molecule has 0 spiro atoms. The first-order valence-electron chi connectivity index (χ1n) is 11.4. The van der Waals surface area contributed by atoms with Crippen molar-refractivity contribution in [2.75, 3.05) is 4.72 Å².